The average molecular weight is 325 g/mol. The first-order valence-electron chi connectivity index (χ1n) is 6.17. The number of alkyl halides is 1. The molecule has 4 nitrogen and oxygen atoms in total. The molecule has 0 aliphatic heterocycles. The predicted octanol–water partition coefficient (Wildman–Crippen LogP) is 3.27. The van der Waals surface area contributed by atoms with Crippen LogP contribution < -0.4 is 0 Å². The van der Waals surface area contributed by atoms with E-state index in [1.807, 2.05) is 6.92 Å². The topological polar surface area (TPSA) is 50.9 Å². The minimum Gasteiger partial charge on any atom is -0.386 e. The van der Waals surface area contributed by atoms with E-state index in [0.717, 1.165) is 12.8 Å². The molecule has 7 heteroatoms. The molecule has 1 N–H and O–H groups in total. The van der Waals surface area contributed by atoms with Gasteiger partial charge in [-0.1, -0.05) is 30.1 Å². The number of nitrogens with zero attached hydrogens (tertiary/aromatic N) is 3. The molecule has 0 bridgehead atoms. The summed E-state index contributed by atoms with van der Waals surface area (Å²) in [5.74, 6) is 0. The quantitative estimate of drug-likeness (QED) is 0.817. The Morgan fingerprint density at radius 3 is 2.58 bits per heavy atom. The minimum absolute atomic E-state index is 0.227. The van der Waals surface area contributed by atoms with Gasteiger partial charge in [0, 0.05) is 16.5 Å². The normalized spacial score (nSPS) is 21.7. The van der Waals surface area contributed by atoms with Crippen LogP contribution in [0.3, 0.4) is 0 Å². The molecule has 19 heavy (non-hydrogen) atoms. The second-order valence-corrected chi connectivity index (χ2v) is 6.57. The molecule has 0 saturated heterocycles. The van der Waals surface area contributed by atoms with Crippen LogP contribution in [0.2, 0.25) is 0 Å². The van der Waals surface area contributed by atoms with Crippen molar-refractivity contribution < 1.29 is 5.11 Å². The molecule has 0 spiro atoms. The summed E-state index contributed by atoms with van der Waals surface area (Å²) in [6, 6.07) is 0. The van der Waals surface area contributed by atoms with Crippen molar-refractivity contribution in [1.82, 2.24) is 14.8 Å². The first-order chi connectivity index (χ1) is 8.90. The molecule has 1 saturated carbocycles. The van der Waals surface area contributed by atoms with Crippen molar-refractivity contribution in [1.29, 1.82) is 0 Å². The number of aromatic nitrogens is 3. The molecule has 0 amide bonds. The third kappa shape index (κ3) is 3.24. The van der Waals surface area contributed by atoms with Crippen LogP contribution in [-0.4, -0.2) is 30.3 Å². The third-order valence-electron chi connectivity index (χ3n) is 3.47. The number of aliphatic hydroxyl groups is 1. The zero-order valence-electron chi connectivity index (χ0n) is 10.6. The summed E-state index contributed by atoms with van der Waals surface area (Å²) in [5, 5.41) is 15.9. The van der Waals surface area contributed by atoms with Crippen LogP contribution in [-0.2, 0) is 6.54 Å². The van der Waals surface area contributed by atoms with Crippen LogP contribution in [0.5, 0.6) is 0 Å². The van der Waals surface area contributed by atoms with Crippen molar-refractivity contribution in [2.24, 2.45) is 0 Å². The zero-order chi connectivity index (χ0) is 14.1. The van der Waals surface area contributed by atoms with Gasteiger partial charge in [-0.3, -0.25) is 0 Å². The largest absolute Gasteiger partial charge is 0.386 e. The van der Waals surface area contributed by atoms with Gasteiger partial charge in [-0.25, -0.2) is 9.67 Å². The lowest BCUT2D eigenvalue weighted by atomic mass is 9.92. The van der Waals surface area contributed by atoms with Crippen molar-refractivity contribution in [2.45, 2.75) is 49.6 Å². The fourth-order valence-corrected chi connectivity index (χ4v) is 2.70. The van der Waals surface area contributed by atoms with Crippen LogP contribution in [0.1, 0.15) is 32.6 Å². The first-order valence-corrected chi connectivity index (χ1v) is 7.30. The van der Waals surface area contributed by atoms with Crippen molar-refractivity contribution >= 4 is 34.8 Å². The summed E-state index contributed by atoms with van der Waals surface area (Å²) in [4.78, 5) is 3.22. The van der Waals surface area contributed by atoms with Gasteiger partial charge in [-0.15, -0.1) is 11.6 Å². The molecule has 1 heterocycles. The van der Waals surface area contributed by atoms with Crippen molar-refractivity contribution in [3.8, 4) is 0 Å². The second kappa shape index (κ2) is 5.60. The van der Waals surface area contributed by atoms with Gasteiger partial charge in [0.2, 0.25) is 0 Å². The summed E-state index contributed by atoms with van der Waals surface area (Å²) in [6.45, 7) is 2.16. The van der Waals surface area contributed by atoms with E-state index in [2.05, 4.69) is 10.1 Å². The average Bonchev–Trinajstić information content (AvgIpc) is 2.93. The summed E-state index contributed by atoms with van der Waals surface area (Å²) in [5.41, 5.74) is -1.17. The van der Waals surface area contributed by atoms with Gasteiger partial charge in [-0.2, -0.15) is 5.10 Å². The number of hydrogen-bond donors (Lipinski definition) is 1. The molecule has 0 aromatic carbocycles. The van der Waals surface area contributed by atoms with E-state index in [1.54, 1.807) is 11.0 Å². The number of halogens is 3. The van der Waals surface area contributed by atoms with E-state index >= 15 is 0 Å². The molecule has 1 aromatic rings. The van der Waals surface area contributed by atoms with Gasteiger partial charge in [0.1, 0.15) is 18.3 Å². The highest BCUT2D eigenvalue weighted by atomic mass is 35.5. The lowest BCUT2D eigenvalue weighted by Crippen LogP contribution is -2.45. The highest BCUT2D eigenvalue weighted by Gasteiger charge is 2.58. The molecule has 106 valence electrons. The highest BCUT2D eigenvalue weighted by molar-refractivity contribution is 6.39. The molecule has 1 aromatic heterocycles. The number of rotatable bonds is 6. The summed E-state index contributed by atoms with van der Waals surface area (Å²) in [6.07, 6.45) is 5.35. The van der Waals surface area contributed by atoms with Crippen molar-refractivity contribution in [3.05, 3.63) is 22.7 Å². The third-order valence-corrected chi connectivity index (χ3v) is 5.15. The van der Waals surface area contributed by atoms with E-state index in [-0.39, 0.29) is 13.0 Å². The maximum absolute atomic E-state index is 10.9. The Kier molecular flexibility index (Phi) is 4.45. The summed E-state index contributed by atoms with van der Waals surface area (Å²) in [7, 11) is 0. The Bertz CT molecular complexity index is 471. The van der Waals surface area contributed by atoms with Gasteiger partial charge in [-0.05, 0) is 19.3 Å². The SMILES string of the molecule is CCC(Cl)=C(Cl)CC(O)(Cn1cncn1)C1(Cl)CC1. The maximum atomic E-state index is 10.9. The molecule has 1 unspecified atom stereocenters. The summed E-state index contributed by atoms with van der Waals surface area (Å²) >= 11 is 18.6. The number of hydrogen-bond acceptors (Lipinski definition) is 3. The lowest BCUT2D eigenvalue weighted by molar-refractivity contribution is 0.00910. The van der Waals surface area contributed by atoms with E-state index < -0.39 is 10.5 Å². The van der Waals surface area contributed by atoms with Crippen LogP contribution >= 0.6 is 34.8 Å². The van der Waals surface area contributed by atoms with Crippen molar-refractivity contribution in [3.63, 3.8) is 0 Å². The molecule has 1 atom stereocenters. The van der Waals surface area contributed by atoms with Gasteiger partial charge in [0.15, 0.2) is 0 Å². The van der Waals surface area contributed by atoms with Crippen LogP contribution in [0, 0.1) is 0 Å². The Morgan fingerprint density at radius 2 is 2.11 bits per heavy atom. The molecule has 2 rings (SSSR count). The molecule has 1 aliphatic carbocycles. The van der Waals surface area contributed by atoms with Gasteiger partial charge in [0.25, 0.3) is 0 Å². The minimum atomic E-state index is -1.17. The standard InChI is InChI=1S/C12H16Cl3N3O/c1-2-9(13)10(14)5-12(19,11(15)3-4-11)6-18-8-16-7-17-18/h7-8,19H,2-6H2,1H3. The Morgan fingerprint density at radius 1 is 1.42 bits per heavy atom. The molecular formula is C12H16Cl3N3O. The smallest absolute Gasteiger partial charge is 0.137 e. The van der Waals surface area contributed by atoms with Gasteiger partial charge >= 0.3 is 0 Å². The van der Waals surface area contributed by atoms with E-state index in [1.165, 1.54) is 6.33 Å². The fraction of sp³-hybridized carbons (Fsp3) is 0.667. The molecule has 0 radical (unpaired) electrons. The summed E-state index contributed by atoms with van der Waals surface area (Å²) < 4.78 is 1.56. The van der Waals surface area contributed by atoms with E-state index in [9.17, 15) is 5.11 Å². The van der Waals surface area contributed by atoms with Gasteiger partial charge < -0.3 is 5.11 Å². The second-order valence-electron chi connectivity index (χ2n) is 4.93. The van der Waals surface area contributed by atoms with Gasteiger partial charge in [0.05, 0.1) is 11.4 Å². The predicted molar refractivity (Wildman–Crippen MR) is 76.4 cm³/mol. The van der Waals surface area contributed by atoms with Crippen LogP contribution in [0.4, 0.5) is 0 Å². The molecule has 1 fully saturated rings. The Labute approximate surface area is 127 Å². The van der Waals surface area contributed by atoms with Crippen LogP contribution in [0.25, 0.3) is 0 Å². The Hall–Kier alpha value is -0.290. The Balaban J connectivity index is 2.21. The fourth-order valence-electron chi connectivity index (χ4n) is 2.06. The first kappa shape index (κ1) is 15.1. The lowest BCUT2D eigenvalue weighted by Gasteiger charge is -2.33. The maximum Gasteiger partial charge on any atom is 0.137 e. The zero-order valence-corrected chi connectivity index (χ0v) is 12.9. The van der Waals surface area contributed by atoms with Crippen molar-refractivity contribution in [2.75, 3.05) is 0 Å². The van der Waals surface area contributed by atoms with E-state index in [4.69, 9.17) is 34.8 Å². The monoisotopic (exact) mass is 323 g/mol. The number of allylic oxidation sites excluding steroid dienone is 1. The van der Waals surface area contributed by atoms with Crippen LogP contribution in [0.15, 0.2) is 22.7 Å². The molecule has 1 aliphatic rings. The highest BCUT2D eigenvalue weighted by Crippen LogP contribution is 2.54. The van der Waals surface area contributed by atoms with E-state index in [0.29, 0.717) is 16.5 Å². The molecular weight excluding hydrogens is 309 g/mol.